The zero-order valence-electron chi connectivity index (χ0n) is 29.9. The third-order valence-electron chi connectivity index (χ3n) is 9.83. The first-order chi connectivity index (χ1) is 24.6. The SMILES string of the molecule is Cc1cccc2c3cccc(C)c3n(-c3ccnc(-n4c5[c-]c(Oc6[c-]c(N7C=NN(C)[CH-]7)cc(C(C)(C)C)c6)ccc5c5ccccc54)c3)c12.[Pt]. The number of anilines is 1. The minimum Gasteiger partial charge on any atom is -0.509 e. The standard InChI is InChI=1S/C44H37N6O.Pt/c1-28-11-9-14-37-38-15-10-12-29(2)43(38)49(42(28)37)31-19-20-45-41(24-31)50-39-16-8-7-13-35(39)36-18-17-33(25-40(36)50)51-34-22-30(44(3,4)5)21-32(23-34)48-26-46-47(6)27-48;/h7-22,24,26-27H,1-6H3;/q-3;. The van der Waals surface area contributed by atoms with Crippen molar-refractivity contribution in [2.75, 3.05) is 11.9 Å². The van der Waals surface area contributed by atoms with Gasteiger partial charge in [-0.25, -0.2) is 10.1 Å². The number of ether oxygens (including phenoxy) is 1. The van der Waals surface area contributed by atoms with Crippen molar-refractivity contribution in [3.63, 3.8) is 0 Å². The minimum absolute atomic E-state index is 0. The number of hydrazone groups is 1. The van der Waals surface area contributed by atoms with Crippen molar-refractivity contribution in [1.29, 1.82) is 0 Å². The molecule has 0 atom stereocenters. The molecule has 262 valence electrons. The van der Waals surface area contributed by atoms with Gasteiger partial charge in [0.25, 0.3) is 0 Å². The fourth-order valence-corrected chi connectivity index (χ4v) is 7.33. The Morgan fingerprint density at radius 3 is 2.12 bits per heavy atom. The van der Waals surface area contributed by atoms with E-state index in [2.05, 4.69) is 152 Å². The number of hydrogen-bond donors (Lipinski definition) is 0. The van der Waals surface area contributed by atoms with Crippen LogP contribution in [0.5, 0.6) is 11.5 Å². The number of nitrogens with zero attached hydrogens (tertiary/aromatic N) is 6. The average Bonchev–Trinajstić information content (AvgIpc) is 3.81. The molecule has 7 nitrogen and oxygen atoms in total. The first kappa shape index (κ1) is 33.7. The van der Waals surface area contributed by atoms with E-state index < -0.39 is 0 Å². The maximum atomic E-state index is 6.59. The number of pyridine rings is 1. The van der Waals surface area contributed by atoms with Crippen LogP contribution in [0, 0.1) is 32.6 Å². The fourth-order valence-electron chi connectivity index (χ4n) is 7.33. The summed E-state index contributed by atoms with van der Waals surface area (Å²) in [5, 5.41) is 10.8. The Labute approximate surface area is 318 Å². The van der Waals surface area contributed by atoms with Crippen LogP contribution in [-0.2, 0) is 26.5 Å². The largest absolute Gasteiger partial charge is 0.509 e. The Bertz CT molecular complexity index is 2640. The summed E-state index contributed by atoms with van der Waals surface area (Å²) in [6, 6.07) is 41.2. The molecular formula is C44H37N6OPt-3. The zero-order valence-corrected chi connectivity index (χ0v) is 32.1. The molecule has 3 aromatic heterocycles. The molecule has 0 saturated carbocycles. The maximum absolute atomic E-state index is 6.59. The molecule has 0 unspecified atom stereocenters. The molecule has 4 heterocycles. The van der Waals surface area contributed by atoms with Crippen LogP contribution in [0.25, 0.3) is 55.1 Å². The van der Waals surface area contributed by atoms with Crippen molar-refractivity contribution in [2.24, 2.45) is 5.10 Å². The second kappa shape index (κ2) is 12.7. The average molecular weight is 861 g/mol. The molecule has 0 radical (unpaired) electrons. The van der Waals surface area contributed by atoms with Crippen LogP contribution in [0.4, 0.5) is 5.69 Å². The second-order valence-electron chi connectivity index (χ2n) is 14.4. The van der Waals surface area contributed by atoms with Crippen molar-refractivity contribution in [3.05, 3.63) is 139 Å². The summed E-state index contributed by atoms with van der Waals surface area (Å²) >= 11 is 0. The number of aryl methyl sites for hydroxylation is 2. The van der Waals surface area contributed by atoms with Gasteiger partial charge in [-0.05, 0) is 55.0 Å². The normalized spacial score (nSPS) is 13.2. The van der Waals surface area contributed by atoms with Gasteiger partial charge in [0.1, 0.15) is 5.82 Å². The van der Waals surface area contributed by atoms with Gasteiger partial charge < -0.3 is 23.8 Å². The molecule has 0 fully saturated rings. The predicted molar refractivity (Wildman–Crippen MR) is 208 cm³/mol. The van der Waals surface area contributed by atoms with Crippen molar-refractivity contribution < 1.29 is 25.8 Å². The molecule has 0 N–H and O–H groups in total. The monoisotopic (exact) mass is 860 g/mol. The Balaban J connectivity index is 0.00000387. The van der Waals surface area contributed by atoms with E-state index in [1.54, 1.807) is 11.3 Å². The summed E-state index contributed by atoms with van der Waals surface area (Å²) < 4.78 is 11.2. The number of rotatable bonds is 5. The molecule has 9 rings (SSSR count). The van der Waals surface area contributed by atoms with Gasteiger partial charge in [-0.15, -0.1) is 48.0 Å². The molecule has 1 aliphatic heterocycles. The summed E-state index contributed by atoms with van der Waals surface area (Å²) in [6.07, 6.45) is 3.69. The molecule has 5 aromatic carbocycles. The van der Waals surface area contributed by atoms with Crippen molar-refractivity contribution >= 4 is 55.6 Å². The summed E-state index contributed by atoms with van der Waals surface area (Å²) in [4.78, 5) is 6.92. The van der Waals surface area contributed by atoms with Crippen LogP contribution in [0.2, 0.25) is 0 Å². The summed E-state index contributed by atoms with van der Waals surface area (Å²) in [7, 11) is 1.90. The maximum Gasteiger partial charge on any atom is 0.137 e. The van der Waals surface area contributed by atoms with Gasteiger partial charge in [0, 0.05) is 61.1 Å². The fraction of sp³-hybridized carbons (Fsp3) is 0.159. The van der Waals surface area contributed by atoms with Gasteiger partial charge >= 0.3 is 0 Å². The number of hydrogen-bond acceptors (Lipinski definition) is 5. The Hall–Kier alpha value is -5.39. The van der Waals surface area contributed by atoms with Gasteiger partial charge in [-0.2, -0.15) is 6.07 Å². The molecule has 0 saturated heterocycles. The van der Waals surface area contributed by atoms with Crippen molar-refractivity contribution in [1.82, 2.24) is 19.1 Å². The molecule has 8 heteroatoms. The number of benzene rings is 5. The predicted octanol–water partition coefficient (Wildman–Crippen LogP) is 10.4. The topological polar surface area (TPSA) is 50.8 Å². The van der Waals surface area contributed by atoms with Gasteiger partial charge in [-0.1, -0.05) is 86.6 Å². The molecule has 0 amide bonds. The molecule has 0 bridgehead atoms. The second-order valence-corrected chi connectivity index (χ2v) is 14.4. The van der Waals surface area contributed by atoms with Crippen LogP contribution in [0.1, 0.15) is 37.5 Å². The van der Waals surface area contributed by atoms with Gasteiger partial charge in [0.15, 0.2) is 0 Å². The van der Waals surface area contributed by atoms with E-state index >= 15 is 0 Å². The molecule has 8 aromatic rings. The van der Waals surface area contributed by atoms with Crippen LogP contribution in [-0.4, -0.2) is 32.5 Å². The minimum atomic E-state index is -0.102. The summed E-state index contributed by atoms with van der Waals surface area (Å²) in [5.74, 6) is 2.02. The third-order valence-corrected chi connectivity index (χ3v) is 9.83. The van der Waals surface area contributed by atoms with E-state index in [1.165, 1.54) is 32.9 Å². The summed E-state index contributed by atoms with van der Waals surface area (Å²) in [5.41, 5.74) is 9.76. The molecule has 52 heavy (non-hydrogen) atoms. The van der Waals surface area contributed by atoms with Gasteiger partial charge in [0.05, 0.1) is 23.1 Å². The number of aromatic nitrogens is 3. The van der Waals surface area contributed by atoms with E-state index in [1.807, 2.05) is 30.9 Å². The van der Waals surface area contributed by atoms with E-state index in [0.29, 0.717) is 11.5 Å². The first-order valence-electron chi connectivity index (χ1n) is 17.2. The van der Waals surface area contributed by atoms with E-state index in [-0.39, 0.29) is 26.5 Å². The Morgan fingerprint density at radius 1 is 0.712 bits per heavy atom. The van der Waals surface area contributed by atoms with Crippen LogP contribution >= 0.6 is 0 Å². The molecule has 0 aliphatic carbocycles. The van der Waals surface area contributed by atoms with Gasteiger partial charge in [-0.3, -0.25) is 0 Å². The van der Waals surface area contributed by atoms with Gasteiger partial charge in [0.2, 0.25) is 0 Å². The smallest absolute Gasteiger partial charge is 0.137 e. The first-order valence-corrected chi connectivity index (χ1v) is 17.2. The number of para-hydroxylation sites is 3. The quantitative estimate of drug-likeness (QED) is 0.162. The third kappa shape index (κ3) is 5.55. The van der Waals surface area contributed by atoms with E-state index in [9.17, 15) is 0 Å². The Kier molecular flexibility index (Phi) is 8.22. The Morgan fingerprint density at radius 2 is 1.42 bits per heavy atom. The number of fused-ring (bicyclic) bond motifs is 6. The molecule has 0 spiro atoms. The van der Waals surface area contributed by atoms with Crippen molar-refractivity contribution in [3.8, 4) is 23.0 Å². The zero-order chi connectivity index (χ0) is 35.0. The van der Waals surface area contributed by atoms with Crippen LogP contribution < -0.4 is 9.64 Å². The van der Waals surface area contributed by atoms with E-state index in [0.717, 1.165) is 44.6 Å². The summed E-state index contributed by atoms with van der Waals surface area (Å²) in [6.45, 7) is 12.9. The molecular weight excluding hydrogens is 824 g/mol. The van der Waals surface area contributed by atoms with E-state index in [4.69, 9.17) is 9.72 Å². The van der Waals surface area contributed by atoms with Crippen LogP contribution in [0.15, 0.2) is 108 Å². The van der Waals surface area contributed by atoms with Crippen molar-refractivity contribution in [2.45, 2.75) is 40.0 Å². The molecule has 1 aliphatic rings. The van der Waals surface area contributed by atoms with Crippen LogP contribution in [0.3, 0.4) is 0 Å².